The first-order valence-corrected chi connectivity index (χ1v) is 12.2. The van der Waals surface area contributed by atoms with Crippen molar-refractivity contribution in [2.24, 2.45) is 5.41 Å². The van der Waals surface area contributed by atoms with E-state index in [4.69, 9.17) is 8.85 Å². The van der Waals surface area contributed by atoms with Crippen molar-refractivity contribution in [2.45, 2.75) is 78.3 Å². The van der Waals surface area contributed by atoms with E-state index in [2.05, 4.69) is 71.9 Å². The van der Waals surface area contributed by atoms with Gasteiger partial charge in [-0.2, -0.15) is 0 Å². The third-order valence-electron chi connectivity index (χ3n) is 5.87. The van der Waals surface area contributed by atoms with Gasteiger partial charge in [0.2, 0.25) is 0 Å². The van der Waals surface area contributed by atoms with E-state index in [1.807, 2.05) is 7.11 Å². The van der Waals surface area contributed by atoms with Crippen molar-refractivity contribution in [3.05, 3.63) is 41.0 Å². The maximum Gasteiger partial charge on any atom is 0.348 e. The number of benzene rings is 1. The second-order valence-corrected chi connectivity index (χ2v) is 13.1. The topological polar surface area (TPSA) is 18.5 Å². The second-order valence-electron chi connectivity index (χ2n) is 9.29. The van der Waals surface area contributed by atoms with Crippen molar-refractivity contribution >= 4 is 14.6 Å². The zero-order valence-electron chi connectivity index (χ0n) is 17.9. The summed E-state index contributed by atoms with van der Waals surface area (Å²) in [5.41, 5.74) is 4.47. The zero-order valence-corrected chi connectivity index (χ0v) is 18.9. The predicted molar refractivity (Wildman–Crippen MR) is 115 cm³/mol. The summed E-state index contributed by atoms with van der Waals surface area (Å²) in [5, 5.41) is -0.0338. The van der Waals surface area contributed by atoms with Gasteiger partial charge >= 0.3 is 8.56 Å². The van der Waals surface area contributed by atoms with E-state index in [0.717, 1.165) is 25.5 Å². The molecule has 2 nitrogen and oxygen atoms in total. The van der Waals surface area contributed by atoms with E-state index < -0.39 is 8.56 Å². The Balaban J connectivity index is 2.33. The number of unbranched alkanes of at least 4 members (excludes halogenated alkanes) is 1. The monoisotopic (exact) mass is 374 g/mol. The first-order chi connectivity index (χ1) is 12.2. The number of fused-ring (bicyclic) bond motifs is 1. The molecule has 146 valence electrons. The lowest BCUT2D eigenvalue weighted by atomic mass is 9.87. The van der Waals surface area contributed by atoms with Gasteiger partial charge in [0.15, 0.2) is 0 Å². The van der Waals surface area contributed by atoms with Gasteiger partial charge in [-0.1, -0.05) is 77.8 Å². The molecule has 1 aromatic carbocycles. The summed E-state index contributed by atoms with van der Waals surface area (Å²) in [6.45, 7) is 14.5. The third-order valence-corrected chi connectivity index (χ3v) is 10.3. The minimum Gasteiger partial charge on any atom is -0.397 e. The van der Waals surface area contributed by atoms with Crippen molar-refractivity contribution in [2.75, 3.05) is 13.7 Å². The fourth-order valence-corrected chi connectivity index (χ4v) is 7.80. The van der Waals surface area contributed by atoms with E-state index in [1.165, 1.54) is 29.5 Å². The molecule has 1 aromatic rings. The van der Waals surface area contributed by atoms with Crippen LogP contribution in [0.25, 0.3) is 6.08 Å². The van der Waals surface area contributed by atoms with Gasteiger partial charge in [0.1, 0.15) is 0 Å². The molecule has 0 N–H and O–H groups in total. The fraction of sp³-hybridized carbons (Fsp3) is 0.652. The second kappa shape index (κ2) is 8.41. The zero-order chi connectivity index (χ0) is 19.4. The SMILES string of the molecule is CCCC[Si](OC)(OCCC(C)(C)C)C1(C)C=Cc2cccc(C)c2C1. The van der Waals surface area contributed by atoms with Gasteiger partial charge in [0.25, 0.3) is 0 Å². The quantitative estimate of drug-likeness (QED) is 0.473. The summed E-state index contributed by atoms with van der Waals surface area (Å²) in [4.78, 5) is 0. The molecular formula is C23H38O2Si. The standard InChI is InChI=1S/C23H38O2Si/c1-8-9-17-26(24-7,25-16-15-22(3,4)5)23(6)14-13-20-12-10-11-19(2)21(20)18-23/h10-14H,8-9,15-18H2,1-7H3. The molecule has 0 heterocycles. The summed E-state index contributed by atoms with van der Waals surface area (Å²) in [7, 11) is -0.511. The van der Waals surface area contributed by atoms with Crippen LogP contribution in [0.15, 0.2) is 24.3 Å². The van der Waals surface area contributed by atoms with Crippen LogP contribution in [0.4, 0.5) is 0 Å². The molecule has 0 fully saturated rings. The normalized spacial score (nSPS) is 22.1. The molecule has 2 rings (SSSR count). The highest BCUT2D eigenvalue weighted by molar-refractivity contribution is 6.71. The summed E-state index contributed by atoms with van der Waals surface area (Å²) >= 11 is 0. The lowest BCUT2D eigenvalue weighted by Gasteiger charge is -2.45. The van der Waals surface area contributed by atoms with Crippen LogP contribution < -0.4 is 0 Å². The van der Waals surface area contributed by atoms with E-state index in [0.29, 0.717) is 0 Å². The molecule has 2 unspecified atom stereocenters. The molecule has 1 aliphatic rings. The van der Waals surface area contributed by atoms with E-state index in [1.54, 1.807) is 0 Å². The van der Waals surface area contributed by atoms with Crippen LogP contribution in [0.2, 0.25) is 11.1 Å². The van der Waals surface area contributed by atoms with Crippen LogP contribution in [0.1, 0.15) is 70.6 Å². The number of rotatable bonds is 8. The highest BCUT2D eigenvalue weighted by atomic mass is 28.4. The first-order valence-electron chi connectivity index (χ1n) is 10.1. The number of hydrogen-bond acceptors (Lipinski definition) is 2. The lowest BCUT2D eigenvalue weighted by molar-refractivity contribution is 0.152. The number of allylic oxidation sites excluding steroid dienone is 1. The summed E-state index contributed by atoms with van der Waals surface area (Å²) in [6.07, 6.45) is 9.11. The van der Waals surface area contributed by atoms with E-state index >= 15 is 0 Å². The van der Waals surface area contributed by atoms with Gasteiger partial charge in [-0.05, 0) is 47.9 Å². The maximum absolute atomic E-state index is 6.72. The van der Waals surface area contributed by atoms with Crippen LogP contribution in [0, 0.1) is 12.3 Å². The molecule has 26 heavy (non-hydrogen) atoms. The number of hydrogen-bond donors (Lipinski definition) is 0. The minimum absolute atomic E-state index is 0.0338. The first kappa shape index (κ1) is 21.4. The fourth-order valence-electron chi connectivity index (χ4n) is 3.93. The molecule has 0 aromatic heterocycles. The Labute approximate surface area is 162 Å². The molecule has 1 aliphatic carbocycles. The van der Waals surface area contributed by atoms with E-state index in [-0.39, 0.29) is 10.5 Å². The third kappa shape index (κ3) is 4.68. The Kier molecular flexibility index (Phi) is 6.92. The average molecular weight is 375 g/mol. The molecule has 0 saturated carbocycles. The highest BCUT2D eigenvalue weighted by Gasteiger charge is 2.53. The summed E-state index contributed by atoms with van der Waals surface area (Å²) in [6, 6.07) is 7.66. The van der Waals surface area contributed by atoms with Crippen molar-refractivity contribution < 1.29 is 8.85 Å². The summed E-state index contributed by atoms with van der Waals surface area (Å²) in [5.74, 6) is 0. The Morgan fingerprint density at radius 2 is 1.96 bits per heavy atom. The van der Waals surface area contributed by atoms with Gasteiger partial charge in [0, 0.05) is 18.8 Å². The van der Waals surface area contributed by atoms with Crippen LogP contribution in [0.5, 0.6) is 0 Å². The van der Waals surface area contributed by atoms with E-state index in [9.17, 15) is 0 Å². The number of aryl methyl sites for hydroxylation is 1. The smallest absolute Gasteiger partial charge is 0.348 e. The Hall–Kier alpha value is -0.903. The molecule has 0 radical (unpaired) electrons. The van der Waals surface area contributed by atoms with Crippen molar-refractivity contribution in [1.82, 2.24) is 0 Å². The van der Waals surface area contributed by atoms with Crippen molar-refractivity contribution in [3.63, 3.8) is 0 Å². The Morgan fingerprint density at radius 3 is 2.58 bits per heavy atom. The Bertz CT molecular complexity index is 632. The lowest BCUT2D eigenvalue weighted by Crippen LogP contribution is -2.53. The Morgan fingerprint density at radius 1 is 1.23 bits per heavy atom. The largest absolute Gasteiger partial charge is 0.397 e. The molecular weight excluding hydrogens is 336 g/mol. The van der Waals surface area contributed by atoms with Crippen molar-refractivity contribution in [1.29, 1.82) is 0 Å². The summed E-state index contributed by atoms with van der Waals surface area (Å²) < 4.78 is 13.0. The average Bonchev–Trinajstić information content (AvgIpc) is 2.58. The van der Waals surface area contributed by atoms with Crippen LogP contribution >= 0.6 is 0 Å². The van der Waals surface area contributed by atoms with Crippen LogP contribution in [0.3, 0.4) is 0 Å². The van der Waals surface area contributed by atoms with Gasteiger partial charge in [-0.15, -0.1) is 0 Å². The molecule has 0 amide bonds. The highest BCUT2D eigenvalue weighted by Crippen LogP contribution is 2.50. The predicted octanol–water partition coefficient (Wildman–Crippen LogP) is 6.67. The molecule has 0 bridgehead atoms. The molecule has 2 atom stereocenters. The molecule has 3 heteroatoms. The molecule has 0 spiro atoms. The van der Waals surface area contributed by atoms with Crippen LogP contribution in [-0.4, -0.2) is 22.3 Å². The molecule has 0 saturated heterocycles. The van der Waals surface area contributed by atoms with Crippen LogP contribution in [-0.2, 0) is 15.3 Å². The van der Waals surface area contributed by atoms with Gasteiger partial charge in [0.05, 0.1) is 0 Å². The minimum atomic E-state index is -2.39. The maximum atomic E-state index is 6.72. The van der Waals surface area contributed by atoms with Crippen molar-refractivity contribution in [3.8, 4) is 0 Å². The van der Waals surface area contributed by atoms with Gasteiger partial charge < -0.3 is 8.85 Å². The van der Waals surface area contributed by atoms with Gasteiger partial charge in [-0.25, -0.2) is 0 Å². The van der Waals surface area contributed by atoms with Gasteiger partial charge in [-0.3, -0.25) is 0 Å². The molecule has 0 aliphatic heterocycles.